The fourth-order valence-corrected chi connectivity index (χ4v) is 1.92. The molecule has 1 rings (SSSR count). The SMILES string of the molecule is CS(=O)(=O)NCCNC(=O)c1ccc(Cl)c(Cl)c1. The molecule has 0 unspecified atom stereocenters. The Balaban J connectivity index is 2.48. The smallest absolute Gasteiger partial charge is 0.251 e. The second-order valence-electron chi connectivity index (χ2n) is 3.55. The van der Waals surface area contributed by atoms with Crippen LogP contribution in [0.1, 0.15) is 10.4 Å². The number of amides is 1. The van der Waals surface area contributed by atoms with E-state index < -0.39 is 10.0 Å². The molecule has 1 amide bonds. The van der Waals surface area contributed by atoms with Crippen molar-refractivity contribution in [2.45, 2.75) is 0 Å². The topological polar surface area (TPSA) is 75.3 Å². The summed E-state index contributed by atoms with van der Waals surface area (Å²) in [6, 6.07) is 4.50. The molecule has 0 aromatic heterocycles. The third-order valence-corrected chi connectivity index (χ3v) is 3.42. The summed E-state index contributed by atoms with van der Waals surface area (Å²) in [5, 5.41) is 3.21. The van der Waals surface area contributed by atoms with Gasteiger partial charge in [-0.3, -0.25) is 4.79 Å². The van der Waals surface area contributed by atoms with Crippen LogP contribution >= 0.6 is 23.2 Å². The number of carbonyl (C=O) groups is 1. The van der Waals surface area contributed by atoms with E-state index in [2.05, 4.69) is 10.0 Å². The van der Waals surface area contributed by atoms with Crippen LogP contribution in [-0.2, 0) is 10.0 Å². The van der Waals surface area contributed by atoms with E-state index in [1.165, 1.54) is 18.2 Å². The molecule has 8 heteroatoms. The lowest BCUT2D eigenvalue weighted by Crippen LogP contribution is -2.34. The fraction of sp³-hybridized carbons (Fsp3) is 0.300. The zero-order chi connectivity index (χ0) is 13.8. The van der Waals surface area contributed by atoms with Gasteiger partial charge in [0.1, 0.15) is 0 Å². The molecule has 0 atom stereocenters. The highest BCUT2D eigenvalue weighted by molar-refractivity contribution is 7.88. The molecule has 1 aromatic carbocycles. The van der Waals surface area contributed by atoms with E-state index in [1.54, 1.807) is 0 Å². The Hall–Kier alpha value is -0.820. The molecule has 2 N–H and O–H groups in total. The summed E-state index contributed by atoms with van der Waals surface area (Å²) in [6.07, 6.45) is 1.05. The predicted octanol–water partition coefficient (Wildman–Crippen LogP) is 1.27. The van der Waals surface area contributed by atoms with Crippen molar-refractivity contribution in [2.75, 3.05) is 19.3 Å². The minimum absolute atomic E-state index is 0.131. The van der Waals surface area contributed by atoms with E-state index >= 15 is 0 Å². The highest BCUT2D eigenvalue weighted by Gasteiger charge is 2.07. The van der Waals surface area contributed by atoms with Crippen molar-refractivity contribution in [1.82, 2.24) is 10.0 Å². The van der Waals surface area contributed by atoms with Crippen molar-refractivity contribution in [1.29, 1.82) is 0 Å². The Kier molecular flexibility index (Phi) is 5.40. The summed E-state index contributed by atoms with van der Waals surface area (Å²) in [5.74, 6) is -0.344. The van der Waals surface area contributed by atoms with E-state index in [9.17, 15) is 13.2 Å². The first kappa shape index (κ1) is 15.2. The van der Waals surface area contributed by atoms with Gasteiger partial charge in [0.25, 0.3) is 5.91 Å². The Morgan fingerprint density at radius 1 is 1.22 bits per heavy atom. The van der Waals surface area contributed by atoms with Crippen LogP contribution in [0.15, 0.2) is 18.2 Å². The number of halogens is 2. The lowest BCUT2D eigenvalue weighted by atomic mass is 10.2. The van der Waals surface area contributed by atoms with E-state index in [0.717, 1.165) is 6.26 Å². The Morgan fingerprint density at radius 3 is 2.44 bits per heavy atom. The quantitative estimate of drug-likeness (QED) is 0.804. The molecule has 100 valence electrons. The van der Waals surface area contributed by atoms with Gasteiger partial charge < -0.3 is 5.32 Å². The summed E-state index contributed by atoms with van der Waals surface area (Å²) >= 11 is 11.5. The molecule has 0 radical (unpaired) electrons. The minimum Gasteiger partial charge on any atom is -0.351 e. The van der Waals surface area contributed by atoms with E-state index in [1.807, 2.05) is 0 Å². The molecular weight excluding hydrogens is 299 g/mol. The minimum atomic E-state index is -3.24. The molecule has 0 fully saturated rings. The first-order valence-electron chi connectivity index (χ1n) is 4.97. The van der Waals surface area contributed by atoms with Gasteiger partial charge in [0.15, 0.2) is 0 Å². The third kappa shape index (κ3) is 5.22. The molecule has 5 nitrogen and oxygen atoms in total. The molecule has 0 aliphatic heterocycles. The number of rotatable bonds is 5. The lowest BCUT2D eigenvalue weighted by molar-refractivity contribution is 0.0954. The van der Waals surface area contributed by atoms with Crippen molar-refractivity contribution in [3.63, 3.8) is 0 Å². The Morgan fingerprint density at radius 2 is 1.89 bits per heavy atom. The number of hydrogen-bond acceptors (Lipinski definition) is 3. The second-order valence-corrected chi connectivity index (χ2v) is 6.20. The normalized spacial score (nSPS) is 11.3. The van der Waals surface area contributed by atoms with Gasteiger partial charge in [0.05, 0.1) is 16.3 Å². The maximum Gasteiger partial charge on any atom is 0.251 e. The molecule has 0 aliphatic rings. The van der Waals surface area contributed by atoms with Crippen LogP contribution in [0.25, 0.3) is 0 Å². The summed E-state index contributed by atoms with van der Waals surface area (Å²) in [5.41, 5.74) is 0.365. The standard InChI is InChI=1S/C10H12Cl2N2O3S/c1-18(16,17)14-5-4-13-10(15)7-2-3-8(11)9(12)6-7/h2-3,6,14H,4-5H2,1H3,(H,13,15). The van der Waals surface area contributed by atoms with Crippen LogP contribution in [0.5, 0.6) is 0 Å². The molecule has 0 aliphatic carbocycles. The lowest BCUT2D eigenvalue weighted by Gasteiger charge is -2.06. The van der Waals surface area contributed by atoms with Crippen molar-refractivity contribution >= 4 is 39.1 Å². The molecule has 0 heterocycles. The summed E-state index contributed by atoms with van der Waals surface area (Å²) in [7, 11) is -3.24. The first-order valence-corrected chi connectivity index (χ1v) is 7.62. The molecule has 0 spiro atoms. The van der Waals surface area contributed by atoms with Gasteiger partial charge >= 0.3 is 0 Å². The van der Waals surface area contributed by atoms with Crippen LogP contribution in [0.2, 0.25) is 10.0 Å². The fourth-order valence-electron chi connectivity index (χ4n) is 1.15. The van der Waals surface area contributed by atoms with Crippen molar-refractivity contribution in [3.8, 4) is 0 Å². The predicted molar refractivity (Wildman–Crippen MR) is 71.6 cm³/mol. The van der Waals surface area contributed by atoms with Crippen LogP contribution < -0.4 is 10.0 Å². The molecule has 0 bridgehead atoms. The summed E-state index contributed by atoms with van der Waals surface area (Å²) in [6.45, 7) is 0.318. The Bertz CT molecular complexity index is 546. The summed E-state index contributed by atoms with van der Waals surface area (Å²) in [4.78, 5) is 11.6. The van der Waals surface area contributed by atoms with E-state index in [-0.39, 0.29) is 19.0 Å². The monoisotopic (exact) mass is 310 g/mol. The van der Waals surface area contributed by atoms with Crippen molar-refractivity contribution < 1.29 is 13.2 Å². The zero-order valence-electron chi connectivity index (χ0n) is 9.54. The van der Waals surface area contributed by atoms with Gasteiger partial charge in [0, 0.05) is 18.7 Å². The number of sulfonamides is 1. The average Bonchev–Trinajstić information content (AvgIpc) is 2.26. The van der Waals surface area contributed by atoms with Crippen molar-refractivity contribution in [2.24, 2.45) is 0 Å². The van der Waals surface area contributed by atoms with Crippen LogP contribution in [0.3, 0.4) is 0 Å². The molecular formula is C10H12Cl2N2O3S. The molecule has 0 saturated heterocycles. The van der Waals surface area contributed by atoms with Gasteiger partial charge in [-0.2, -0.15) is 0 Å². The Labute approximate surface area is 116 Å². The van der Waals surface area contributed by atoms with E-state index in [4.69, 9.17) is 23.2 Å². The maximum absolute atomic E-state index is 11.6. The summed E-state index contributed by atoms with van der Waals surface area (Å²) < 4.78 is 23.8. The highest BCUT2D eigenvalue weighted by Crippen LogP contribution is 2.22. The van der Waals surface area contributed by atoms with Crippen LogP contribution in [0, 0.1) is 0 Å². The van der Waals surface area contributed by atoms with Gasteiger partial charge in [0.2, 0.25) is 10.0 Å². The van der Waals surface area contributed by atoms with Crippen molar-refractivity contribution in [3.05, 3.63) is 33.8 Å². The third-order valence-electron chi connectivity index (χ3n) is 1.96. The highest BCUT2D eigenvalue weighted by atomic mass is 35.5. The molecule has 0 saturated carbocycles. The van der Waals surface area contributed by atoms with E-state index in [0.29, 0.717) is 15.6 Å². The average molecular weight is 311 g/mol. The largest absolute Gasteiger partial charge is 0.351 e. The van der Waals surface area contributed by atoms with Crippen LogP contribution in [-0.4, -0.2) is 33.7 Å². The zero-order valence-corrected chi connectivity index (χ0v) is 11.9. The second kappa shape index (κ2) is 6.38. The number of benzene rings is 1. The molecule has 1 aromatic rings. The van der Waals surface area contributed by atoms with Gasteiger partial charge in [-0.15, -0.1) is 0 Å². The van der Waals surface area contributed by atoms with Gasteiger partial charge in [-0.25, -0.2) is 13.1 Å². The number of hydrogen-bond donors (Lipinski definition) is 2. The van der Waals surface area contributed by atoms with Crippen LogP contribution in [0.4, 0.5) is 0 Å². The molecule has 18 heavy (non-hydrogen) atoms. The maximum atomic E-state index is 11.6. The van der Waals surface area contributed by atoms with Gasteiger partial charge in [-0.1, -0.05) is 23.2 Å². The van der Waals surface area contributed by atoms with Gasteiger partial charge in [-0.05, 0) is 18.2 Å². The first-order chi connectivity index (χ1) is 8.29. The number of nitrogens with one attached hydrogen (secondary N) is 2. The number of carbonyl (C=O) groups excluding carboxylic acids is 1.